The van der Waals surface area contributed by atoms with E-state index >= 15 is 0 Å². The normalized spacial score (nSPS) is 16.1. The zero-order valence-corrected chi connectivity index (χ0v) is 11.3. The predicted octanol–water partition coefficient (Wildman–Crippen LogP) is 3.74. The van der Waals surface area contributed by atoms with E-state index in [2.05, 4.69) is 20.8 Å². The first-order chi connectivity index (χ1) is 8.09. The van der Waals surface area contributed by atoms with Crippen molar-refractivity contribution in [3.63, 3.8) is 0 Å². The maximum Gasteiger partial charge on any atom is 0.293 e. The highest BCUT2D eigenvalue weighted by atomic mass is 79.9. The number of anilines is 1. The molecule has 5 heteroatoms. The van der Waals surface area contributed by atoms with Crippen LogP contribution in [0.1, 0.15) is 25.7 Å². The Morgan fingerprint density at radius 3 is 2.65 bits per heavy atom. The van der Waals surface area contributed by atoms with Gasteiger partial charge in [-0.05, 0) is 25.0 Å². The third-order valence-electron chi connectivity index (χ3n) is 3.39. The van der Waals surface area contributed by atoms with Crippen LogP contribution in [0.25, 0.3) is 0 Å². The third-order valence-corrected chi connectivity index (χ3v) is 3.88. The molecule has 0 bridgehead atoms. The van der Waals surface area contributed by atoms with E-state index in [9.17, 15) is 10.1 Å². The Bertz CT molecular complexity index is 431. The quantitative estimate of drug-likeness (QED) is 0.631. The Hall–Kier alpha value is -1.10. The van der Waals surface area contributed by atoms with Crippen LogP contribution in [0.2, 0.25) is 0 Å². The Kier molecular flexibility index (Phi) is 3.66. The van der Waals surface area contributed by atoms with Crippen molar-refractivity contribution in [2.24, 2.45) is 0 Å². The van der Waals surface area contributed by atoms with Crippen molar-refractivity contribution < 1.29 is 4.92 Å². The summed E-state index contributed by atoms with van der Waals surface area (Å²) in [5.41, 5.74) is 0.888. The molecule has 0 heterocycles. The monoisotopic (exact) mass is 298 g/mol. The van der Waals surface area contributed by atoms with Crippen LogP contribution in [0.3, 0.4) is 0 Å². The maximum atomic E-state index is 11.1. The average Bonchev–Trinajstić information content (AvgIpc) is 2.81. The zero-order chi connectivity index (χ0) is 12.4. The first-order valence-corrected chi connectivity index (χ1v) is 6.55. The maximum absolute atomic E-state index is 11.1. The zero-order valence-electron chi connectivity index (χ0n) is 9.73. The van der Waals surface area contributed by atoms with Crippen molar-refractivity contribution in [2.75, 3.05) is 11.9 Å². The van der Waals surface area contributed by atoms with Crippen molar-refractivity contribution in [1.29, 1.82) is 0 Å². The molecule has 4 nitrogen and oxygen atoms in total. The molecule has 1 aliphatic carbocycles. The van der Waals surface area contributed by atoms with Gasteiger partial charge in [0.2, 0.25) is 0 Å². The number of halogens is 1. The van der Waals surface area contributed by atoms with E-state index in [0.29, 0.717) is 11.7 Å². The summed E-state index contributed by atoms with van der Waals surface area (Å²) in [6, 6.07) is 5.68. The van der Waals surface area contributed by atoms with Crippen molar-refractivity contribution >= 4 is 27.3 Å². The Morgan fingerprint density at radius 2 is 2.06 bits per heavy atom. The van der Waals surface area contributed by atoms with Gasteiger partial charge >= 0.3 is 0 Å². The van der Waals surface area contributed by atoms with Crippen LogP contribution in [0.5, 0.6) is 0 Å². The topological polar surface area (TPSA) is 46.4 Å². The van der Waals surface area contributed by atoms with Crippen LogP contribution in [0.4, 0.5) is 11.4 Å². The van der Waals surface area contributed by atoms with E-state index in [-0.39, 0.29) is 10.6 Å². The van der Waals surface area contributed by atoms with E-state index in [0.717, 1.165) is 17.3 Å². The summed E-state index contributed by atoms with van der Waals surface area (Å²) < 4.78 is 0.743. The summed E-state index contributed by atoms with van der Waals surface area (Å²) in [6.45, 7) is 0. The highest BCUT2D eigenvalue weighted by molar-refractivity contribution is 9.10. The minimum Gasteiger partial charge on any atom is -0.366 e. The number of hydrogen-bond donors (Lipinski definition) is 0. The van der Waals surface area contributed by atoms with Gasteiger partial charge in [0.15, 0.2) is 0 Å². The highest BCUT2D eigenvalue weighted by Gasteiger charge is 2.25. The molecule has 2 rings (SSSR count). The molecule has 0 atom stereocenters. The summed E-state index contributed by atoms with van der Waals surface area (Å²) in [7, 11) is 1.95. The molecule has 1 aromatic carbocycles. The molecule has 1 saturated carbocycles. The summed E-state index contributed by atoms with van der Waals surface area (Å²) >= 11 is 3.27. The van der Waals surface area contributed by atoms with Gasteiger partial charge in [0.05, 0.1) is 4.92 Å². The van der Waals surface area contributed by atoms with E-state index in [1.807, 2.05) is 19.2 Å². The van der Waals surface area contributed by atoms with Crippen LogP contribution < -0.4 is 4.90 Å². The van der Waals surface area contributed by atoms with Gasteiger partial charge in [-0.1, -0.05) is 28.8 Å². The second-order valence-corrected chi connectivity index (χ2v) is 5.36. The lowest BCUT2D eigenvalue weighted by molar-refractivity contribution is -0.384. The molecule has 1 aliphatic rings. The molecule has 0 aliphatic heterocycles. The fourth-order valence-corrected chi connectivity index (χ4v) is 2.78. The Morgan fingerprint density at radius 1 is 1.41 bits per heavy atom. The number of nitro benzene ring substituents is 1. The molecule has 92 valence electrons. The minimum absolute atomic E-state index is 0.175. The van der Waals surface area contributed by atoms with Gasteiger partial charge in [-0.2, -0.15) is 0 Å². The highest BCUT2D eigenvalue weighted by Crippen LogP contribution is 2.34. The SMILES string of the molecule is CN(c1ccc(Br)cc1[N+](=O)[O-])C1CCCC1. The lowest BCUT2D eigenvalue weighted by Gasteiger charge is -2.26. The van der Waals surface area contributed by atoms with Crippen molar-refractivity contribution in [3.8, 4) is 0 Å². The Balaban J connectivity index is 2.33. The molecule has 17 heavy (non-hydrogen) atoms. The minimum atomic E-state index is -0.314. The van der Waals surface area contributed by atoms with Gasteiger partial charge in [0, 0.05) is 23.6 Å². The van der Waals surface area contributed by atoms with E-state index < -0.39 is 0 Å². The van der Waals surface area contributed by atoms with Crippen molar-refractivity contribution in [2.45, 2.75) is 31.7 Å². The first kappa shape index (κ1) is 12.4. The van der Waals surface area contributed by atoms with Gasteiger partial charge < -0.3 is 4.90 Å². The fraction of sp³-hybridized carbons (Fsp3) is 0.500. The molecule has 1 fully saturated rings. The lowest BCUT2D eigenvalue weighted by atomic mass is 10.1. The largest absolute Gasteiger partial charge is 0.366 e. The molecule has 0 unspecified atom stereocenters. The van der Waals surface area contributed by atoms with Gasteiger partial charge in [0.25, 0.3) is 5.69 Å². The van der Waals surface area contributed by atoms with Crippen LogP contribution in [0.15, 0.2) is 22.7 Å². The number of nitro groups is 1. The first-order valence-electron chi connectivity index (χ1n) is 5.76. The summed E-state index contributed by atoms with van der Waals surface area (Å²) in [6.07, 6.45) is 4.70. The van der Waals surface area contributed by atoms with Crippen LogP contribution >= 0.6 is 15.9 Å². The molecule has 0 aromatic heterocycles. The van der Waals surface area contributed by atoms with Gasteiger partial charge in [-0.3, -0.25) is 10.1 Å². The van der Waals surface area contributed by atoms with Crippen molar-refractivity contribution in [3.05, 3.63) is 32.8 Å². The molecule has 0 saturated heterocycles. The fourth-order valence-electron chi connectivity index (χ4n) is 2.43. The predicted molar refractivity (Wildman–Crippen MR) is 71.5 cm³/mol. The van der Waals surface area contributed by atoms with Gasteiger partial charge in [0.1, 0.15) is 5.69 Å². The average molecular weight is 299 g/mol. The number of benzene rings is 1. The lowest BCUT2D eigenvalue weighted by Crippen LogP contribution is -2.29. The third kappa shape index (κ3) is 2.60. The second-order valence-electron chi connectivity index (χ2n) is 4.44. The molecule has 0 N–H and O–H groups in total. The molecule has 0 radical (unpaired) electrons. The number of hydrogen-bond acceptors (Lipinski definition) is 3. The van der Waals surface area contributed by atoms with Crippen molar-refractivity contribution in [1.82, 2.24) is 0 Å². The molecule has 1 aromatic rings. The van der Waals surface area contributed by atoms with Crippen LogP contribution in [0, 0.1) is 10.1 Å². The number of nitrogens with zero attached hydrogens (tertiary/aromatic N) is 2. The standard InChI is InChI=1S/C12H15BrN2O2/c1-14(10-4-2-3-5-10)11-7-6-9(13)8-12(11)15(16)17/h6-8,10H,2-5H2,1H3. The molecular formula is C12H15BrN2O2. The summed E-state index contributed by atoms with van der Waals surface area (Å²) in [4.78, 5) is 12.8. The summed E-state index contributed by atoms with van der Waals surface area (Å²) in [5, 5.41) is 11.1. The van der Waals surface area contributed by atoms with E-state index in [1.54, 1.807) is 6.07 Å². The number of rotatable bonds is 3. The Labute approximate surface area is 109 Å². The molecule has 0 spiro atoms. The van der Waals surface area contributed by atoms with Crippen LogP contribution in [-0.4, -0.2) is 18.0 Å². The second kappa shape index (κ2) is 5.04. The summed E-state index contributed by atoms with van der Waals surface area (Å²) in [5.74, 6) is 0. The van der Waals surface area contributed by atoms with Crippen LogP contribution in [-0.2, 0) is 0 Å². The van der Waals surface area contributed by atoms with E-state index in [1.165, 1.54) is 12.8 Å². The smallest absolute Gasteiger partial charge is 0.293 e. The molecular weight excluding hydrogens is 284 g/mol. The van der Waals surface area contributed by atoms with E-state index in [4.69, 9.17) is 0 Å². The van der Waals surface area contributed by atoms with Gasteiger partial charge in [-0.25, -0.2) is 0 Å². The molecule has 0 amide bonds. The van der Waals surface area contributed by atoms with Gasteiger partial charge in [-0.15, -0.1) is 0 Å².